The minimum atomic E-state index is -0.542. The molecule has 2 aliphatic rings. The third kappa shape index (κ3) is 5.32. The van der Waals surface area contributed by atoms with Crippen LogP contribution < -0.4 is 19.8 Å². The maximum absolute atomic E-state index is 14.2. The van der Waals surface area contributed by atoms with Gasteiger partial charge in [-0.15, -0.1) is 0 Å². The quantitative estimate of drug-likeness (QED) is 0.519. The second-order valence-corrected chi connectivity index (χ2v) is 8.97. The van der Waals surface area contributed by atoms with Crippen LogP contribution in [0.25, 0.3) is 0 Å². The number of rotatable bonds is 7. The summed E-state index contributed by atoms with van der Waals surface area (Å²) < 4.78 is 25.1. The number of hydrazine groups is 1. The molecule has 2 aromatic carbocycles. The lowest BCUT2D eigenvalue weighted by molar-refractivity contribution is -0.133. The molecule has 1 fully saturated rings. The summed E-state index contributed by atoms with van der Waals surface area (Å²) >= 11 is 0. The number of nitrogens with zero attached hydrogens (tertiary/aromatic N) is 4. The number of carbonyl (C=O) groups is 2. The molecule has 0 atom stereocenters. The first-order valence-corrected chi connectivity index (χ1v) is 12.3. The van der Waals surface area contributed by atoms with Crippen molar-refractivity contribution < 1.29 is 23.5 Å². The highest BCUT2D eigenvalue weighted by Crippen LogP contribution is 2.33. The number of carbonyl (C=O) groups excluding carboxylic acids is 2. The molecule has 3 aromatic rings. The van der Waals surface area contributed by atoms with Crippen LogP contribution in [-0.4, -0.2) is 47.0 Å². The first kappa shape index (κ1) is 24.5. The number of hydrogen-bond acceptors (Lipinski definition) is 7. The molecule has 5 rings (SSSR count). The average Bonchev–Trinajstić information content (AvgIpc) is 3.24. The van der Waals surface area contributed by atoms with Crippen molar-refractivity contribution in [3.8, 4) is 11.6 Å². The van der Waals surface area contributed by atoms with Gasteiger partial charge in [0.1, 0.15) is 12.2 Å². The molecule has 0 bridgehead atoms. The largest absolute Gasteiger partial charge is 0.494 e. The Morgan fingerprint density at radius 1 is 1.11 bits per heavy atom. The summed E-state index contributed by atoms with van der Waals surface area (Å²) in [5, 5.41) is 1.35. The standard InChI is InChI=1S/C27H28FN5O4/c1-36-23-11-10-18(15-21(23)28)17-37-26-20(25(35)31-33-13-6-2-3-9-24(33)34)16-29-27(30-26)32-14-12-19-7-4-5-8-22(19)32/h4-5,7-8,10-11,15-16H,2-3,6,9,12-14,17H2,1H3,(H,31,35). The highest BCUT2D eigenvalue weighted by molar-refractivity contribution is 5.97. The van der Waals surface area contributed by atoms with E-state index in [2.05, 4.69) is 21.5 Å². The number of benzene rings is 2. The van der Waals surface area contributed by atoms with E-state index in [0.717, 1.165) is 31.4 Å². The maximum Gasteiger partial charge on any atom is 0.276 e. The van der Waals surface area contributed by atoms with E-state index in [1.54, 1.807) is 6.07 Å². The smallest absolute Gasteiger partial charge is 0.276 e. The van der Waals surface area contributed by atoms with Crippen LogP contribution in [-0.2, 0) is 17.8 Å². The molecule has 10 heteroatoms. The van der Waals surface area contributed by atoms with Crippen molar-refractivity contribution in [1.29, 1.82) is 0 Å². The number of aromatic nitrogens is 2. The summed E-state index contributed by atoms with van der Waals surface area (Å²) in [4.78, 5) is 36.6. The van der Waals surface area contributed by atoms with Crippen LogP contribution in [0.4, 0.5) is 16.0 Å². The first-order valence-electron chi connectivity index (χ1n) is 12.3. The Balaban J connectivity index is 1.43. The predicted molar refractivity (Wildman–Crippen MR) is 134 cm³/mol. The molecule has 9 nitrogen and oxygen atoms in total. The lowest BCUT2D eigenvalue weighted by Gasteiger charge is -2.22. The normalized spacial score (nSPS) is 15.2. The molecule has 2 aliphatic heterocycles. The first-order chi connectivity index (χ1) is 18.0. The number of amides is 2. The van der Waals surface area contributed by atoms with Gasteiger partial charge >= 0.3 is 0 Å². The third-order valence-corrected chi connectivity index (χ3v) is 6.52. The molecule has 0 aliphatic carbocycles. The van der Waals surface area contributed by atoms with Gasteiger partial charge in [-0.05, 0) is 48.6 Å². The van der Waals surface area contributed by atoms with Gasteiger partial charge in [0.25, 0.3) is 5.91 Å². The lowest BCUT2D eigenvalue weighted by Crippen LogP contribution is -2.46. The van der Waals surface area contributed by atoms with Crippen molar-refractivity contribution in [2.75, 3.05) is 25.1 Å². The highest BCUT2D eigenvalue weighted by Gasteiger charge is 2.26. The van der Waals surface area contributed by atoms with E-state index in [4.69, 9.17) is 9.47 Å². The summed E-state index contributed by atoms with van der Waals surface area (Å²) in [5.74, 6) is -0.623. The molecule has 192 valence electrons. The number of para-hydroxylation sites is 1. The number of anilines is 2. The zero-order chi connectivity index (χ0) is 25.8. The fourth-order valence-corrected chi connectivity index (χ4v) is 4.53. The van der Waals surface area contributed by atoms with Crippen molar-refractivity contribution in [2.45, 2.75) is 38.7 Å². The number of hydrogen-bond donors (Lipinski definition) is 1. The molecule has 0 saturated carbocycles. The van der Waals surface area contributed by atoms with E-state index >= 15 is 0 Å². The molecule has 37 heavy (non-hydrogen) atoms. The van der Waals surface area contributed by atoms with E-state index in [9.17, 15) is 14.0 Å². The Morgan fingerprint density at radius 3 is 2.81 bits per heavy atom. The van der Waals surface area contributed by atoms with Gasteiger partial charge in [-0.25, -0.2) is 9.37 Å². The van der Waals surface area contributed by atoms with Gasteiger partial charge in [0.05, 0.1) is 7.11 Å². The SMILES string of the molecule is COc1ccc(COc2nc(N3CCc4ccccc43)ncc2C(=O)NN2CCCCCC2=O)cc1F. The van der Waals surface area contributed by atoms with E-state index in [0.29, 0.717) is 31.0 Å². The van der Waals surface area contributed by atoms with Gasteiger partial charge in [-0.2, -0.15) is 4.98 Å². The van der Waals surface area contributed by atoms with Crippen LogP contribution in [0.15, 0.2) is 48.7 Å². The summed E-state index contributed by atoms with van der Waals surface area (Å²) in [6.07, 6.45) is 5.18. The minimum Gasteiger partial charge on any atom is -0.494 e. The molecule has 2 amide bonds. The van der Waals surface area contributed by atoms with Crippen LogP contribution >= 0.6 is 0 Å². The number of ether oxygens (including phenoxy) is 2. The van der Waals surface area contributed by atoms with Crippen LogP contribution in [0, 0.1) is 5.82 Å². The second kappa shape index (κ2) is 10.8. The number of fused-ring (bicyclic) bond motifs is 1. The van der Waals surface area contributed by atoms with Gasteiger partial charge in [-0.3, -0.25) is 20.0 Å². The Kier molecular flexibility index (Phi) is 7.16. The van der Waals surface area contributed by atoms with E-state index in [1.807, 2.05) is 23.1 Å². The van der Waals surface area contributed by atoms with Crippen LogP contribution in [0.2, 0.25) is 0 Å². The molecular formula is C27H28FN5O4. The van der Waals surface area contributed by atoms with Gasteiger partial charge in [-0.1, -0.05) is 30.7 Å². The Labute approximate surface area is 214 Å². The maximum atomic E-state index is 14.2. The Hall–Kier alpha value is -4.21. The summed E-state index contributed by atoms with van der Waals surface area (Å²) in [6.45, 7) is 1.10. The van der Waals surface area contributed by atoms with E-state index < -0.39 is 11.7 Å². The van der Waals surface area contributed by atoms with Crippen molar-refractivity contribution >= 4 is 23.5 Å². The fourth-order valence-electron chi connectivity index (χ4n) is 4.53. The van der Waals surface area contributed by atoms with Gasteiger partial charge in [0.15, 0.2) is 11.6 Å². The molecule has 0 unspecified atom stereocenters. The second-order valence-electron chi connectivity index (χ2n) is 8.97. The predicted octanol–water partition coefficient (Wildman–Crippen LogP) is 3.94. The average molecular weight is 506 g/mol. The monoisotopic (exact) mass is 505 g/mol. The Bertz CT molecular complexity index is 1320. The van der Waals surface area contributed by atoms with Gasteiger partial charge < -0.3 is 14.4 Å². The third-order valence-electron chi connectivity index (χ3n) is 6.52. The van der Waals surface area contributed by atoms with Gasteiger partial charge in [0, 0.05) is 31.4 Å². The van der Waals surface area contributed by atoms with Crippen molar-refractivity contribution in [3.63, 3.8) is 0 Å². The molecule has 3 heterocycles. The molecule has 1 saturated heterocycles. The highest BCUT2D eigenvalue weighted by atomic mass is 19.1. The van der Waals surface area contributed by atoms with Crippen molar-refractivity contribution in [2.24, 2.45) is 0 Å². The lowest BCUT2D eigenvalue weighted by atomic mass is 10.2. The summed E-state index contributed by atoms with van der Waals surface area (Å²) in [6, 6.07) is 12.5. The van der Waals surface area contributed by atoms with Crippen molar-refractivity contribution in [1.82, 2.24) is 20.4 Å². The molecule has 1 N–H and O–H groups in total. The van der Waals surface area contributed by atoms with Crippen LogP contribution in [0.3, 0.4) is 0 Å². The number of nitrogens with one attached hydrogen (secondary N) is 1. The Morgan fingerprint density at radius 2 is 1.97 bits per heavy atom. The van der Waals surface area contributed by atoms with E-state index in [-0.39, 0.29) is 29.7 Å². The summed E-state index contributed by atoms with van der Waals surface area (Å²) in [5.41, 5.74) is 5.50. The molecule has 0 spiro atoms. The number of halogens is 1. The topological polar surface area (TPSA) is 96.9 Å². The van der Waals surface area contributed by atoms with Crippen LogP contribution in [0.1, 0.15) is 47.2 Å². The van der Waals surface area contributed by atoms with Crippen LogP contribution in [0.5, 0.6) is 11.6 Å². The van der Waals surface area contributed by atoms with E-state index in [1.165, 1.54) is 36.0 Å². The zero-order valence-corrected chi connectivity index (χ0v) is 20.6. The fraction of sp³-hybridized carbons (Fsp3) is 0.333. The zero-order valence-electron chi connectivity index (χ0n) is 20.6. The summed E-state index contributed by atoms with van der Waals surface area (Å²) in [7, 11) is 1.40. The minimum absolute atomic E-state index is 0.0309. The number of methoxy groups -OCH3 is 1. The molecule has 1 aromatic heterocycles. The van der Waals surface area contributed by atoms with Gasteiger partial charge in [0.2, 0.25) is 17.7 Å². The molecule has 0 radical (unpaired) electrons. The van der Waals surface area contributed by atoms with Crippen molar-refractivity contribution in [3.05, 3.63) is 71.2 Å². The molecular weight excluding hydrogens is 477 g/mol.